The fraction of sp³-hybridized carbons (Fsp3) is 0.407. The summed E-state index contributed by atoms with van der Waals surface area (Å²) in [5.41, 5.74) is -0.204. The number of nitrogens with zero attached hydrogens (tertiary/aromatic N) is 6. The Morgan fingerprint density at radius 1 is 1.10 bits per heavy atom. The zero-order chi connectivity index (χ0) is 28.1. The highest BCUT2D eigenvalue weighted by Crippen LogP contribution is 2.47. The normalized spacial score (nSPS) is 25.5. The summed E-state index contributed by atoms with van der Waals surface area (Å²) in [6.45, 7) is 0. The van der Waals surface area contributed by atoms with E-state index in [-0.39, 0.29) is 30.8 Å². The average molecular weight is 556 g/mol. The first-order valence-corrected chi connectivity index (χ1v) is 13.1. The Labute approximate surface area is 228 Å². The van der Waals surface area contributed by atoms with Gasteiger partial charge in [0, 0.05) is 37.3 Å². The van der Waals surface area contributed by atoms with Crippen molar-refractivity contribution in [1.82, 2.24) is 25.4 Å². The molecule has 3 atom stereocenters. The first-order chi connectivity index (χ1) is 19.2. The van der Waals surface area contributed by atoms with Gasteiger partial charge in [-0.1, -0.05) is 29.4 Å². The Morgan fingerprint density at radius 2 is 1.90 bits per heavy atom. The number of fused-ring (bicyclic) bond motifs is 1. The van der Waals surface area contributed by atoms with Crippen LogP contribution in [-0.2, 0) is 16.8 Å². The van der Waals surface area contributed by atoms with Crippen LogP contribution in [0, 0.1) is 5.82 Å². The maximum absolute atomic E-state index is 14.6. The third kappa shape index (κ3) is 4.43. The molecular weight excluding hydrogens is 527 g/mol. The summed E-state index contributed by atoms with van der Waals surface area (Å²) >= 11 is 0. The van der Waals surface area contributed by atoms with E-state index in [1.54, 1.807) is 12.1 Å². The zero-order valence-electron chi connectivity index (χ0n) is 21.4. The van der Waals surface area contributed by atoms with Gasteiger partial charge in [-0.3, -0.25) is 25.0 Å². The highest BCUT2D eigenvalue weighted by atomic mass is 19.3. The molecule has 1 aromatic carbocycles. The number of hydroxylamine groups is 1. The minimum absolute atomic E-state index is 0.0637. The number of carbonyl (C=O) groups is 1. The van der Waals surface area contributed by atoms with Crippen molar-refractivity contribution in [2.45, 2.75) is 68.4 Å². The van der Waals surface area contributed by atoms with Crippen molar-refractivity contribution in [3.63, 3.8) is 0 Å². The van der Waals surface area contributed by atoms with Gasteiger partial charge in [-0.2, -0.15) is 0 Å². The van der Waals surface area contributed by atoms with Crippen LogP contribution < -0.4 is 15.2 Å². The Balaban J connectivity index is 1.48. The first-order valence-electron chi connectivity index (χ1n) is 13.1. The summed E-state index contributed by atoms with van der Waals surface area (Å²) in [6, 6.07) is 7.56. The van der Waals surface area contributed by atoms with E-state index in [0.717, 1.165) is 23.0 Å². The van der Waals surface area contributed by atoms with Gasteiger partial charge in [0.25, 0.3) is 11.8 Å². The molecule has 3 aliphatic rings. The number of benzene rings is 1. The number of aliphatic hydroxyl groups excluding tert-OH is 1. The van der Waals surface area contributed by atoms with E-state index in [9.17, 15) is 28.3 Å². The van der Waals surface area contributed by atoms with E-state index >= 15 is 0 Å². The van der Waals surface area contributed by atoms with Gasteiger partial charge < -0.3 is 15.3 Å². The van der Waals surface area contributed by atoms with Crippen LogP contribution in [-0.4, -0.2) is 60.7 Å². The number of halogens is 3. The standard InChI is InChI=1S/C27H28F3N7O3/c28-18-11-20(15-32-14-18)36(37(40)23-5-6-24(38)35(23)22-16-31-9-10-33-22)27(8-7-17-3-1-2-4-21(17)27)25(39)34-19-12-26(29,30)13-19/h1-4,9-11,14-16,19,23-24,38,40H,5-8,12-13H2,(H,34,39)/t23-,24?,27-/m1/s1. The number of hydrogen-bond donors (Lipinski definition) is 3. The number of aryl methyl sites for hydroxylation is 1. The molecule has 1 saturated heterocycles. The molecule has 1 aliphatic heterocycles. The van der Waals surface area contributed by atoms with Gasteiger partial charge in [-0.05, 0) is 36.8 Å². The number of anilines is 2. The SMILES string of the molecule is O=C(NC1CC(F)(F)C1)[C@@]1(N(c2cncc(F)c2)N(O)[C@@H]2CCC(O)N2c2cnccn2)CCc2ccccc21. The lowest BCUT2D eigenvalue weighted by Gasteiger charge is -2.49. The minimum atomic E-state index is -2.86. The van der Waals surface area contributed by atoms with Crippen LogP contribution in [0.5, 0.6) is 0 Å². The molecule has 40 heavy (non-hydrogen) atoms. The Bertz CT molecular complexity index is 1390. The van der Waals surface area contributed by atoms with Gasteiger partial charge in [-0.25, -0.2) is 18.2 Å². The van der Waals surface area contributed by atoms with Gasteiger partial charge in [0.2, 0.25) is 0 Å². The predicted molar refractivity (Wildman–Crippen MR) is 136 cm³/mol. The molecule has 2 aliphatic carbocycles. The summed E-state index contributed by atoms with van der Waals surface area (Å²) in [5, 5.41) is 27.7. The van der Waals surface area contributed by atoms with Crippen LogP contribution in [0.1, 0.15) is 43.2 Å². The number of hydrazine groups is 1. The van der Waals surface area contributed by atoms with Gasteiger partial charge in [0.05, 0.1) is 24.3 Å². The number of rotatable bonds is 7. The van der Waals surface area contributed by atoms with Crippen molar-refractivity contribution in [3.05, 3.63) is 78.3 Å². The largest absolute Gasteiger partial charge is 0.374 e. The smallest absolute Gasteiger partial charge is 0.252 e. The van der Waals surface area contributed by atoms with Crippen LogP contribution in [0.4, 0.5) is 24.7 Å². The van der Waals surface area contributed by atoms with Crippen molar-refractivity contribution in [1.29, 1.82) is 0 Å². The minimum Gasteiger partial charge on any atom is -0.374 e. The van der Waals surface area contributed by atoms with E-state index < -0.39 is 54.5 Å². The average Bonchev–Trinajstić information content (AvgIpc) is 3.50. The molecule has 13 heteroatoms. The first kappa shape index (κ1) is 26.4. The molecule has 3 aromatic rings. The molecule has 0 radical (unpaired) electrons. The van der Waals surface area contributed by atoms with Crippen LogP contribution >= 0.6 is 0 Å². The van der Waals surface area contributed by atoms with Crippen molar-refractivity contribution >= 4 is 17.4 Å². The summed E-state index contributed by atoms with van der Waals surface area (Å²) < 4.78 is 42.0. The molecule has 0 spiro atoms. The maximum atomic E-state index is 14.6. The molecule has 1 saturated carbocycles. The van der Waals surface area contributed by atoms with Crippen molar-refractivity contribution in [2.24, 2.45) is 0 Å². The number of aromatic nitrogens is 3. The second kappa shape index (κ2) is 9.98. The molecule has 10 nitrogen and oxygen atoms in total. The maximum Gasteiger partial charge on any atom is 0.252 e. The van der Waals surface area contributed by atoms with Gasteiger partial charge >= 0.3 is 0 Å². The number of nitrogens with one attached hydrogen (secondary N) is 1. The van der Waals surface area contributed by atoms with Crippen molar-refractivity contribution in [2.75, 3.05) is 9.91 Å². The summed E-state index contributed by atoms with van der Waals surface area (Å²) in [5.74, 6) is -3.87. The quantitative estimate of drug-likeness (QED) is 0.378. The molecule has 2 aromatic heterocycles. The molecule has 1 unspecified atom stereocenters. The fourth-order valence-electron chi connectivity index (χ4n) is 6.11. The number of hydrogen-bond acceptors (Lipinski definition) is 9. The molecule has 3 N–H and O–H groups in total. The number of carbonyl (C=O) groups excluding carboxylic acids is 1. The lowest BCUT2D eigenvalue weighted by molar-refractivity contribution is -0.165. The molecule has 2 fully saturated rings. The van der Waals surface area contributed by atoms with E-state index in [0.29, 0.717) is 12.0 Å². The number of aliphatic hydroxyl groups is 1. The van der Waals surface area contributed by atoms with E-state index in [1.807, 2.05) is 12.1 Å². The third-order valence-electron chi connectivity index (χ3n) is 7.93. The lowest BCUT2D eigenvalue weighted by atomic mass is 9.84. The molecule has 210 valence electrons. The van der Waals surface area contributed by atoms with E-state index in [2.05, 4.69) is 20.3 Å². The van der Waals surface area contributed by atoms with Gasteiger partial charge in [0.15, 0.2) is 5.54 Å². The third-order valence-corrected chi connectivity index (χ3v) is 7.93. The van der Waals surface area contributed by atoms with E-state index in [4.69, 9.17) is 0 Å². The van der Waals surface area contributed by atoms with Crippen LogP contribution in [0.15, 0.2) is 61.3 Å². The van der Waals surface area contributed by atoms with Crippen LogP contribution in [0.2, 0.25) is 0 Å². The predicted octanol–water partition coefficient (Wildman–Crippen LogP) is 3.12. The number of pyridine rings is 1. The molecular formula is C27H28F3N7O3. The Morgan fingerprint density at radius 3 is 2.62 bits per heavy atom. The molecule has 6 rings (SSSR count). The van der Waals surface area contributed by atoms with E-state index in [1.165, 1.54) is 34.7 Å². The van der Waals surface area contributed by atoms with Crippen molar-refractivity contribution < 1.29 is 28.3 Å². The molecule has 0 bridgehead atoms. The fourth-order valence-corrected chi connectivity index (χ4v) is 6.11. The topological polar surface area (TPSA) is 118 Å². The molecule has 1 amide bonds. The second-order valence-corrected chi connectivity index (χ2v) is 10.5. The monoisotopic (exact) mass is 555 g/mol. The Kier molecular flexibility index (Phi) is 6.59. The van der Waals surface area contributed by atoms with Gasteiger partial charge in [0.1, 0.15) is 24.0 Å². The molecule has 3 heterocycles. The van der Waals surface area contributed by atoms with Crippen molar-refractivity contribution in [3.8, 4) is 0 Å². The summed E-state index contributed by atoms with van der Waals surface area (Å²) in [4.78, 5) is 28.0. The van der Waals surface area contributed by atoms with Crippen LogP contribution in [0.3, 0.4) is 0 Å². The van der Waals surface area contributed by atoms with Gasteiger partial charge in [-0.15, -0.1) is 0 Å². The zero-order valence-corrected chi connectivity index (χ0v) is 21.4. The lowest BCUT2D eigenvalue weighted by Crippen LogP contribution is -2.67. The highest BCUT2D eigenvalue weighted by molar-refractivity contribution is 5.93. The second-order valence-electron chi connectivity index (χ2n) is 10.5. The number of alkyl halides is 2. The van der Waals surface area contributed by atoms with Crippen LogP contribution in [0.25, 0.3) is 0 Å². The summed E-state index contributed by atoms with van der Waals surface area (Å²) in [7, 11) is 0. The summed E-state index contributed by atoms with van der Waals surface area (Å²) in [6.07, 6.45) is 4.85. The highest BCUT2D eigenvalue weighted by Gasteiger charge is 2.56. The number of amides is 1. The Hall–Kier alpha value is -3.81.